The van der Waals surface area contributed by atoms with Crippen LogP contribution in [0.25, 0.3) is 0 Å². The SMILES string of the molecule is CCO[C@@H]1OC(C(=O)N2CCOCC2)=C[C@H](C(C)C)[C@H]1CCOCCOCCO. The van der Waals surface area contributed by atoms with E-state index in [-0.39, 0.29) is 24.3 Å². The predicted octanol–water partition coefficient (Wildman–Crippen LogP) is 1.43. The Balaban J connectivity index is 1.99. The van der Waals surface area contributed by atoms with Crippen LogP contribution in [0.1, 0.15) is 27.2 Å². The van der Waals surface area contributed by atoms with E-state index in [1.165, 1.54) is 0 Å². The molecule has 0 aliphatic carbocycles. The molecule has 29 heavy (non-hydrogen) atoms. The maximum Gasteiger partial charge on any atom is 0.288 e. The number of nitrogens with zero attached hydrogens (tertiary/aromatic N) is 1. The average Bonchev–Trinajstić information content (AvgIpc) is 2.73. The van der Waals surface area contributed by atoms with Crippen molar-refractivity contribution in [3.05, 3.63) is 11.8 Å². The minimum absolute atomic E-state index is 0.0172. The van der Waals surface area contributed by atoms with Crippen LogP contribution in [0.2, 0.25) is 0 Å². The third kappa shape index (κ3) is 7.53. The van der Waals surface area contributed by atoms with Gasteiger partial charge in [0, 0.05) is 32.2 Å². The quantitative estimate of drug-likeness (QED) is 0.483. The number of hydrogen-bond acceptors (Lipinski definition) is 7. The van der Waals surface area contributed by atoms with E-state index in [0.29, 0.717) is 71.0 Å². The lowest BCUT2D eigenvalue weighted by atomic mass is 9.79. The first-order chi connectivity index (χ1) is 14.1. The molecule has 0 unspecified atom stereocenters. The zero-order chi connectivity index (χ0) is 21.1. The number of amides is 1. The summed E-state index contributed by atoms with van der Waals surface area (Å²) in [6.45, 7) is 10.9. The smallest absolute Gasteiger partial charge is 0.288 e. The van der Waals surface area contributed by atoms with Gasteiger partial charge in [-0.3, -0.25) is 4.79 Å². The monoisotopic (exact) mass is 415 g/mol. The summed E-state index contributed by atoms with van der Waals surface area (Å²) in [5.41, 5.74) is 0. The number of rotatable bonds is 12. The Morgan fingerprint density at radius 2 is 1.90 bits per heavy atom. The van der Waals surface area contributed by atoms with Crippen LogP contribution in [0.3, 0.4) is 0 Å². The normalized spacial score (nSPS) is 25.1. The molecule has 0 aromatic heterocycles. The molecule has 1 N–H and O–H groups in total. The van der Waals surface area contributed by atoms with Gasteiger partial charge in [-0.2, -0.15) is 0 Å². The molecule has 8 heteroatoms. The average molecular weight is 416 g/mol. The van der Waals surface area contributed by atoms with Crippen molar-refractivity contribution in [1.29, 1.82) is 0 Å². The Bertz CT molecular complexity index is 505. The van der Waals surface area contributed by atoms with Crippen molar-refractivity contribution >= 4 is 5.91 Å². The second-order valence-corrected chi connectivity index (χ2v) is 7.60. The van der Waals surface area contributed by atoms with Gasteiger partial charge in [0.15, 0.2) is 5.76 Å². The number of aliphatic hydroxyl groups is 1. The Kier molecular flexibility index (Phi) is 10.9. The van der Waals surface area contributed by atoms with Crippen molar-refractivity contribution in [2.24, 2.45) is 17.8 Å². The van der Waals surface area contributed by atoms with Crippen molar-refractivity contribution in [3.8, 4) is 0 Å². The summed E-state index contributed by atoms with van der Waals surface area (Å²) >= 11 is 0. The van der Waals surface area contributed by atoms with Gasteiger partial charge in [0.05, 0.1) is 39.6 Å². The van der Waals surface area contributed by atoms with E-state index >= 15 is 0 Å². The summed E-state index contributed by atoms with van der Waals surface area (Å²) < 4.78 is 28.2. The molecule has 1 amide bonds. The third-order valence-electron chi connectivity index (χ3n) is 5.24. The maximum atomic E-state index is 12.9. The van der Waals surface area contributed by atoms with Gasteiger partial charge >= 0.3 is 0 Å². The summed E-state index contributed by atoms with van der Waals surface area (Å²) in [5.74, 6) is 0.911. The summed E-state index contributed by atoms with van der Waals surface area (Å²) in [6.07, 6.45) is 2.28. The summed E-state index contributed by atoms with van der Waals surface area (Å²) in [7, 11) is 0. The molecule has 168 valence electrons. The van der Waals surface area contributed by atoms with Crippen LogP contribution in [-0.2, 0) is 28.5 Å². The van der Waals surface area contributed by atoms with E-state index in [9.17, 15) is 4.79 Å². The lowest BCUT2D eigenvalue weighted by molar-refractivity contribution is -0.181. The highest BCUT2D eigenvalue weighted by Gasteiger charge is 2.39. The maximum absolute atomic E-state index is 12.9. The Morgan fingerprint density at radius 1 is 1.21 bits per heavy atom. The minimum Gasteiger partial charge on any atom is -0.459 e. The zero-order valence-corrected chi connectivity index (χ0v) is 18.0. The summed E-state index contributed by atoms with van der Waals surface area (Å²) in [5, 5.41) is 8.71. The van der Waals surface area contributed by atoms with E-state index in [4.69, 9.17) is 28.8 Å². The van der Waals surface area contributed by atoms with E-state index < -0.39 is 6.29 Å². The Hall–Kier alpha value is -1.19. The van der Waals surface area contributed by atoms with Crippen LogP contribution in [0.5, 0.6) is 0 Å². The van der Waals surface area contributed by atoms with Crippen LogP contribution < -0.4 is 0 Å². The standard InChI is InChI=1S/C21H37NO7/c1-4-28-21-17(5-9-25-13-14-27-12-8-23)18(16(2)3)15-19(29-21)20(24)22-6-10-26-11-7-22/h15-18,21,23H,4-14H2,1-3H3/t17-,18-,21-/m1/s1. The highest BCUT2D eigenvalue weighted by atomic mass is 16.7. The number of carbonyl (C=O) groups is 1. The molecule has 0 aromatic rings. The van der Waals surface area contributed by atoms with E-state index in [1.54, 1.807) is 4.90 Å². The number of morpholine rings is 1. The molecule has 0 radical (unpaired) electrons. The van der Waals surface area contributed by atoms with Crippen LogP contribution in [0.15, 0.2) is 11.8 Å². The first-order valence-corrected chi connectivity index (χ1v) is 10.7. The zero-order valence-electron chi connectivity index (χ0n) is 18.0. The van der Waals surface area contributed by atoms with Crippen LogP contribution >= 0.6 is 0 Å². The molecule has 0 saturated carbocycles. The van der Waals surface area contributed by atoms with Gasteiger partial charge in [-0.1, -0.05) is 13.8 Å². The van der Waals surface area contributed by atoms with Crippen molar-refractivity contribution in [3.63, 3.8) is 0 Å². The Labute approximate surface area is 174 Å². The number of hydrogen-bond donors (Lipinski definition) is 1. The minimum atomic E-state index is -0.466. The highest BCUT2D eigenvalue weighted by Crippen LogP contribution is 2.36. The van der Waals surface area contributed by atoms with Crippen LogP contribution in [0, 0.1) is 17.8 Å². The van der Waals surface area contributed by atoms with Crippen molar-refractivity contribution in [1.82, 2.24) is 4.90 Å². The first kappa shape index (κ1) is 24.1. The molecular formula is C21H37NO7. The number of carbonyl (C=O) groups excluding carboxylic acids is 1. The highest BCUT2D eigenvalue weighted by molar-refractivity contribution is 5.91. The predicted molar refractivity (Wildman–Crippen MR) is 107 cm³/mol. The number of allylic oxidation sites excluding steroid dienone is 1. The first-order valence-electron chi connectivity index (χ1n) is 10.7. The largest absolute Gasteiger partial charge is 0.459 e. The van der Waals surface area contributed by atoms with E-state index in [2.05, 4.69) is 13.8 Å². The summed E-state index contributed by atoms with van der Waals surface area (Å²) in [6, 6.07) is 0. The van der Waals surface area contributed by atoms with Gasteiger partial charge in [0.2, 0.25) is 6.29 Å². The number of ether oxygens (including phenoxy) is 5. The van der Waals surface area contributed by atoms with E-state index in [1.807, 2.05) is 13.0 Å². The van der Waals surface area contributed by atoms with Gasteiger partial charge < -0.3 is 33.7 Å². The molecule has 0 spiro atoms. The Morgan fingerprint density at radius 3 is 2.52 bits per heavy atom. The summed E-state index contributed by atoms with van der Waals surface area (Å²) in [4.78, 5) is 14.7. The lowest BCUT2D eigenvalue weighted by Gasteiger charge is -2.39. The molecule has 1 fully saturated rings. The fourth-order valence-corrected chi connectivity index (χ4v) is 3.72. The topological polar surface area (TPSA) is 86.7 Å². The van der Waals surface area contributed by atoms with Crippen LogP contribution in [-0.4, -0.2) is 88.1 Å². The van der Waals surface area contributed by atoms with E-state index in [0.717, 1.165) is 6.42 Å². The molecule has 8 nitrogen and oxygen atoms in total. The van der Waals surface area contributed by atoms with Crippen molar-refractivity contribution in [2.45, 2.75) is 33.5 Å². The second kappa shape index (κ2) is 13.2. The molecular weight excluding hydrogens is 378 g/mol. The van der Waals surface area contributed by atoms with Gasteiger partial charge in [-0.25, -0.2) is 0 Å². The second-order valence-electron chi connectivity index (χ2n) is 7.60. The molecule has 3 atom stereocenters. The van der Waals surface area contributed by atoms with Gasteiger partial charge in [-0.05, 0) is 31.3 Å². The molecule has 2 heterocycles. The van der Waals surface area contributed by atoms with Gasteiger partial charge in [0.25, 0.3) is 5.91 Å². The van der Waals surface area contributed by atoms with Gasteiger partial charge in [-0.15, -0.1) is 0 Å². The molecule has 0 bridgehead atoms. The van der Waals surface area contributed by atoms with Gasteiger partial charge in [0.1, 0.15) is 0 Å². The molecule has 1 saturated heterocycles. The van der Waals surface area contributed by atoms with Crippen molar-refractivity contribution < 1.29 is 33.6 Å². The van der Waals surface area contributed by atoms with Crippen LogP contribution in [0.4, 0.5) is 0 Å². The molecule has 2 aliphatic rings. The fraction of sp³-hybridized carbons (Fsp3) is 0.857. The molecule has 2 rings (SSSR count). The molecule has 0 aromatic carbocycles. The molecule has 2 aliphatic heterocycles. The lowest BCUT2D eigenvalue weighted by Crippen LogP contribution is -2.45. The third-order valence-corrected chi connectivity index (χ3v) is 5.24. The number of aliphatic hydroxyl groups excluding tert-OH is 1. The van der Waals surface area contributed by atoms with Crippen molar-refractivity contribution in [2.75, 3.05) is 65.9 Å². The fourth-order valence-electron chi connectivity index (χ4n) is 3.72.